The van der Waals surface area contributed by atoms with Crippen molar-refractivity contribution >= 4 is 0 Å². The monoisotopic (exact) mass is 412 g/mol. The Labute approximate surface area is 203 Å². The summed E-state index contributed by atoms with van der Waals surface area (Å²) in [4.78, 5) is 0. The van der Waals surface area contributed by atoms with Crippen molar-refractivity contribution in [1.29, 1.82) is 0 Å². The van der Waals surface area contributed by atoms with Crippen LogP contribution in [-0.2, 0) is 15.6 Å². The maximum absolute atomic E-state index is 4.83. The molecule has 1 fully saturated rings. The summed E-state index contributed by atoms with van der Waals surface area (Å²) in [5, 5.41) is 0. The van der Waals surface area contributed by atoms with E-state index in [1.54, 1.807) is 0 Å². The molecule has 31 heavy (non-hydrogen) atoms. The van der Waals surface area contributed by atoms with Gasteiger partial charge in [-0.1, -0.05) is 90.1 Å². The predicted octanol–water partition coefficient (Wildman–Crippen LogP) is 5.03. The van der Waals surface area contributed by atoms with Gasteiger partial charge in [0.25, 0.3) is 0 Å². The van der Waals surface area contributed by atoms with E-state index in [4.69, 9.17) is 4.74 Å². The Morgan fingerprint density at radius 2 is 1.06 bits per heavy atom. The number of benzene rings is 2. The molecular weight excluding hydrogens is 371 g/mol. The summed E-state index contributed by atoms with van der Waals surface area (Å²) >= 11 is 0. The van der Waals surface area contributed by atoms with E-state index in [-0.39, 0.29) is 29.7 Å². The van der Waals surface area contributed by atoms with Crippen molar-refractivity contribution in [2.45, 2.75) is 84.5 Å². The third-order valence-electron chi connectivity index (χ3n) is 6.23. The number of allylic oxidation sites excluding steroid dienone is 1. The van der Waals surface area contributed by atoms with Crippen LogP contribution in [0.25, 0.3) is 0 Å². The van der Waals surface area contributed by atoms with Crippen molar-refractivity contribution in [3.63, 3.8) is 0 Å². The summed E-state index contributed by atoms with van der Waals surface area (Å²) in [7, 11) is 0. The van der Waals surface area contributed by atoms with Crippen molar-refractivity contribution in [1.82, 2.24) is 0 Å². The summed E-state index contributed by atoms with van der Waals surface area (Å²) in [6.07, 6.45) is 11.2. The Kier molecular flexibility index (Phi) is 11.9. The van der Waals surface area contributed by atoms with Gasteiger partial charge in [0.2, 0.25) is 0 Å². The molecule has 1 nitrogen and oxygen atoms in total. The largest absolute Gasteiger partial charge is 1.00 e. The molecule has 0 bridgehead atoms. The van der Waals surface area contributed by atoms with Gasteiger partial charge < -0.3 is 4.74 Å². The van der Waals surface area contributed by atoms with Crippen LogP contribution in [-0.4, -0.2) is 13.2 Å². The average Bonchev–Trinajstić information content (AvgIpc) is 3.37. The molecule has 0 atom stereocenters. The summed E-state index contributed by atoms with van der Waals surface area (Å²) in [6.45, 7) is 14.9. The van der Waals surface area contributed by atoms with Crippen LogP contribution in [0.1, 0.15) is 90.3 Å². The van der Waals surface area contributed by atoms with E-state index >= 15 is 0 Å². The molecule has 2 aromatic carbocycles. The quantitative estimate of drug-likeness (QED) is 0.507. The first-order valence-electron chi connectivity index (χ1n) is 11.7. The Balaban J connectivity index is 0.000000364. The second-order valence-corrected chi connectivity index (χ2v) is 9.21. The number of rotatable bonds is 3. The van der Waals surface area contributed by atoms with Gasteiger partial charge in [0.05, 0.1) is 0 Å². The van der Waals surface area contributed by atoms with Gasteiger partial charge in [-0.15, -0.1) is 17.7 Å². The van der Waals surface area contributed by atoms with E-state index in [1.807, 2.05) is 13.8 Å². The molecule has 0 aromatic heterocycles. The molecule has 0 aliphatic heterocycles. The SMILES string of the molecule is C1CCCC1.CC1(C)C(=[C-]c2ccccc2)C(C)(C)c2ccccc21.CCOCC.[Li+]. The van der Waals surface area contributed by atoms with Crippen molar-refractivity contribution in [2.24, 2.45) is 0 Å². The van der Waals surface area contributed by atoms with Crippen molar-refractivity contribution in [2.75, 3.05) is 13.2 Å². The Morgan fingerprint density at radius 1 is 0.677 bits per heavy atom. The summed E-state index contributed by atoms with van der Waals surface area (Å²) in [5.41, 5.74) is 5.48. The molecule has 2 aliphatic carbocycles. The number of ether oxygens (including phenoxy) is 1. The van der Waals surface area contributed by atoms with Gasteiger partial charge in [-0.3, -0.25) is 0 Å². The van der Waals surface area contributed by atoms with E-state index in [2.05, 4.69) is 88.4 Å². The van der Waals surface area contributed by atoms with Crippen LogP contribution in [0.3, 0.4) is 0 Å². The third-order valence-corrected chi connectivity index (χ3v) is 6.23. The minimum absolute atomic E-state index is 0. The molecule has 0 saturated heterocycles. The molecule has 1 saturated carbocycles. The van der Waals surface area contributed by atoms with E-state index < -0.39 is 0 Å². The van der Waals surface area contributed by atoms with Crippen molar-refractivity contribution in [3.8, 4) is 0 Å². The average molecular weight is 413 g/mol. The summed E-state index contributed by atoms with van der Waals surface area (Å²) in [5.74, 6) is 0. The van der Waals surface area contributed by atoms with Gasteiger partial charge in [-0.05, 0) is 25.0 Å². The number of hydrogen-bond donors (Lipinski definition) is 0. The standard InChI is InChI=1S/C20H21.C5H10.C4H10O.Li/c1-19(2)16-12-8-9-13-17(16)20(3,4)18(19)14-15-10-6-5-7-11-15;1-2-4-5-3-1;1-3-5-4-2;/h5-13H,1-4H3;1-5H2;3-4H2,1-2H3;/q-1;;;+1. The van der Waals surface area contributed by atoms with Gasteiger partial charge in [0, 0.05) is 24.0 Å². The molecule has 164 valence electrons. The van der Waals surface area contributed by atoms with Crippen LogP contribution in [0.5, 0.6) is 0 Å². The van der Waals surface area contributed by atoms with Crippen LogP contribution < -0.4 is 18.9 Å². The second-order valence-electron chi connectivity index (χ2n) is 9.21. The van der Waals surface area contributed by atoms with E-state index in [9.17, 15) is 0 Å². The summed E-state index contributed by atoms with van der Waals surface area (Å²) < 4.78 is 4.83. The second kappa shape index (κ2) is 13.3. The topological polar surface area (TPSA) is 9.23 Å². The smallest absolute Gasteiger partial charge is 0.382 e. The Hall–Kier alpha value is -1.26. The Bertz CT molecular complexity index is 739. The molecule has 0 heterocycles. The number of hydrogen-bond acceptors (Lipinski definition) is 1. The third kappa shape index (κ3) is 7.39. The fourth-order valence-electron chi connectivity index (χ4n) is 4.69. The van der Waals surface area contributed by atoms with Crippen molar-refractivity contribution < 1.29 is 23.6 Å². The minimum atomic E-state index is 0. The zero-order valence-electron chi connectivity index (χ0n) is 21.1. The van der Waals surface area contributed by atoms with Crippen LogP contribution in [0.2, 0.25) is 0 Å². The molecule has 0 spiro atoms. The maximum atomic E-state index is 4.83. The van der Waals surface area contributed by atoms with Crippen LogP contribution in [0, 0.1) is 6.08 Å². The Morgan fingerprint density at radius 3 is 1.42 bits per heavy atom. The number of fused-ring (bicyclic) bond motifs is 1. The van der Waals surface area contributed by atoms with Gasteiger partial charge in [0.1, 0.15) is 0 Å². The van der Waals surface area contributed by atoms with Crippen LogP contribution >= 0.6 is 0 Å². The first kappa shape index (κ1) is 27.8. The van der Waals surface area contributed by atoms with E-state index in [0.717, 1.165) is 18.8 Å². The minimum Gasteiger partial charge on any atom is -0.382 e. The summed E-state index contributed by atoms with van der Waals surface area (Å²) in [6, 6.07) is 19.3. The fraction of sp³-hybridized carbons (Fsp3) is 0.517. The van der Waals surface area contributed by atoms with Gasteiger partial charge in [-0.25, -0.2) is 0 Å². The zero-order chi connectivity index (χ0) is 22.0. The zero-order valence-corrected chi connectivity index (χ0v) is 21.1. The van der Waals surface area contributed by atoms with E-state index in [1.165, 1.54) is 48.8 Å². The molecule has 0 unspecified atom stereocenters. The molecule has 2 aromatic rings. The molecule has 0 radical (unpaired) electrons. The molecule has 0 N–H and O–H groups in total. The van der Waals surface area contributed by atoms with Gasteiger partial charge >= 0.3 is 18.9 Å². The first-order valence-corrected chi connectivity index (χ1v) is 11.7. The normalized spacial score (nSPS) is 17.3. The molecular formula is C29H41LiO. The van der Waals surface area contributed by atoms with Crippen LogP contribution in [0.15, 0.2) is 60.2 Å². The predicted molar refractivity (Wildman–Crippen MR) is 130 cm³/mol. The van der Waals surface area contributed by atoms with Crippen molar-refractivity contribution in [3.05, 3.63) is 82.9 Å². The molecule has 2 aliphatic rings. The van der Waals surface area contributed by atoms with Crippen LogP contribution in [0.4, 0.5) is 0 Å². The fourth-order valence-corrected chi connectivity index (χ4v) is 4.69. The molecule has 2 heteroatoms. The molecule has 4 rings (SSSR count). The maximum Gasteiger partial charge on any atom is 1.00 e. The van der Waals surface area contributed by atoms with E-state index in [0.29, 0.717) is 0 Å². The first-order chi connectivity index (χ1) is 14.4. The van der Waals surface area contributed by atoms with Gasteiger partial charge in [0.15, 0.2) is 0 Å². The van der Waals surface area contributed by atoms with Gasteiger partial charge in [-0.2, -0.15) is 23.8 Å². The molecule has 0 amide bonds.